The molecular weight excluding hydrogens is 560 g/mol. The highest BCUT2D eigenvalue weighted by Crippen LogP contribution is 2.44. The van der Waals surface area contributed by atoms with Gasteiger partial charge in [-0.05, 0) is 92.3 Å². The van der Waals surface area contributed by atoms with Crippen LogP contribution in [0.1, 0.15) is 0 Å². The molecule has 0 atom stereocenters. The maximum atomic E-state index is 6.40. The fourth-order valence-electron chi connectivity index (χ4n) is 6.61. The Morgan fingerprint density at radius 1 is 0.435 bits per heavy atom. The topological polar surface area (TPSA) is 29.3 Å². The molecule has 216 valence electrons. The fourth-order valence-corrected chi connectivity index (χ4v) is 6.61. The minimum Gasteiger partial charge on any atom is -0.438 e. The van der Waals surface area contributed by atoms with Crippen LogP contribution in [0.4, 0.5) is 17.1 Å². The van der Waals surface area contributed by atoms with Gasteiger partial charge in [-0.1, -0.05) is 115 Å². The van der Waals surface area contributed by atoms with Crippen LogP contribution in [0.25, 0.3) is 65.9 Å². The first-order valence-electron chi connectivity index (χ1n) is 15.5. The summed E-state index contributed by atoms with van der Waals surface area (Å²) in [6.07, 6.45) is 1.85. The van der Waals surface area contributed by atoms with E-state index in [2.05, 4.69) is 169 Å². The molecule has 0 aliphatic heterocycles. The van der Waals surface area contributed by atoms with Crippen molar-refractivity contribution in [3.05, 3.63) is 170 Å². The van der Waals surface area contributed by atoms with Crippen LogP contribution in [-0.4, -0.2) is 4.98 Å². The largest absolute Gasteiger partial charge is 0.438 e. The summed E-state index contributed by atoms with van der Waals surface area (Å²) in [5.74, 6) is 0. The first kappa shape index (κ1) is 26.2. The number of fused-ring (bicyclic) bond motifs is 5. The standard InChI is InChI=1S/C43H28N2O/c1-2-9-29(10-3-1)31-19-21-37(22-20-31)45(38-16-8-15-33(26-38)36-18-17-30-11-4-5-12-32(30)25-36)40-23-24-44-43-42(40)39-27-34-13-6-7-14-35(34)28-41(39)46-43/h1-28H. The van der Waals surface area contributed by atoms with Crippen molar-refractivity contribution in [3.63, 3.8) is 0 Å². The van der Waals surface area contributed by atoms with E-state index in [1.54, 1.807) is 0 Å². The van der Waals surface area contributed by atoms with Gasteiger partial charge in [-0.3, -0.25) is 0 Å². The van der Waals surface area contributed by atoms with Crippen LogP contribution in [0.2, 0.25) is 0 Å². The molecule has 0 spiro atoms. The molecule has 2 aromatic heterocycles. The summed E-state index contributed by atoms with van der Waals surface area (Å²) in [7, 11) is 0. The number of rotatable bonds is 5. The van der Waals surface area contributed by atoms with Gasteiger partial charge in [0, 0.05) is 23.0 Å². The van der Waals surface area contributed by atoms with Gasteiger partial charge in [0.1, 0.15) is 5.58 Å². The average molecular weight is 589 g/mol. The van der Waals surface area contributed by atoms with Gasteiger partial charge in [0.05, 0.1) is 11.1 Å². The van der Waals surface area contributed by atoms with E-state index >= 15 is 0 Å². The van der Waals surface area contributed by atoms with Crippen molar-refractivity contribution in [1.82, 2.24) is 4.98 Å². The highest BCUT2D eigenvalue weighted by molar-refractivity contribution is 6.15. The molecule has 7 aromatic carbocycles. The van der Waals surface area contributed by atoms with E-state index < -0.39 is 0 Å². The summed E-state index contributed by atoms with van der Waals surface area (Å²) < 4.78 is 6.40. The number of furan rings is 1. The molecule has 46 heavy (non-hydrogen) atoms. The monoisotopic (exact) mass is 588 g/mol. The molecule has 0 amide bonds. The molecule has 0 aliphatic rings. The average Bonchev–Trinajstić information content (AvgIpc) is 3.49. The summed E-state index contributed by atoms with van der Waals surface area (Å²) in [6, 6.07) is 58.1. The molecule has 9 aromatic rings. The van der Waals surface area contributed by atoms with Gasteiger partial charge in [0.2, 0.25) is 5.71 Å². The maximum absolute atomic E-state index is 6.40. The van der Waals surface area contributed by atoms with E-state index in [9.17, 15) is 0 Å². The lowest BCUT2D eigenvalue weighted by Crippen LogP contribution is -2.10. The zero-order valence-corrected chi connectivity index (χ0v) is 25.0. The smallest absolute Gasteiger partial charge is 0.229 e. The van der Waals surface area contributed by atoms with Gasteiger partial charge in [0.25, 0.3) is 0 Å². The number of benzene rings is 7. The van der Waals surface area contributed by atoms with Crippen molar-refractivity contribution in [2.45, 2.75) is 0 Å². The Morgan fingerprint density at radius 2 is 1.07 bits per heavy atom. The second-order valence-corrected chi connectivity index (χ2v) is 11.7. The van der Waals surface area contributed by atoms with E-state index in [4.69, 9.17) is 9.40 Å². The molecule has 9 rings (SSSR count). The molecule has 0 unspecified atom stereocenters. The van der Waals surface area contributed by atoms with Crippen LogP contribution in [0.3, 0.4) is 0 Å². The Hall–Kier alpha value is -6.19. The van der Waals surface area contributed by atoms with E-state index in [0.717, 1.165) is 44.4 Å². The number of hydrogen-bond acceptors (Lipinski definition) is 3. The molecule has 3 nitrogen and oxygen atoms in total. The highest BCUT2D eigenvalue weighted by atomic mass is 16.3. The van der Waals surface area contributed by atoms with Gasteiger partial charge >= 0.3 is 0 Å². The van der Waals surface area contributed by atoms with Gasteiger partial charge in [0.15, 0.2) is 0 Å². The van der Waals surface area contributed by atoms with Crippen molar-refractivity contribution in [3.8, 4) is 22.3 Å². The van der Waals surface area contributed by atoms with E-state index in [1.165, 1.54) is 32.8 Å². The van der Waals surface area contributed by atoms with Crippen LogP contribution in [0, 0.1) is 0 Å². The van der Waals surface area contributed by atoms with Crippen LogP contribution in [0.5, 0.6) is 0 Å². The SMILES string of the molecule is c1ccc(-c2ccc(N(c3cccc(-c4ccc5ccccc5c4)c3)c3ccnc4oc5cc6ccccc6cc5c34)cc2)cc1. The highest BCUT2D eigenvalue weighted by Gasteiger charge is 2.21. The number of anilines is 3. The molecule has 0 saturated carbocycles. The minimum atomic E-state index is 0.624. The number of hydrogen-bond donors (Lipinski definition) is 0. The molecule has 0 fully saturated rings. The summed E-state index contributed by atoms with van der Waals surface area (Å²) in [5.41, 5.74) is 9.29. The third-order valence-corrected chi connectivity index (χ3v) is 8.88. The number of nitrogens with zero attached hydrogens (tertiary/aromatic N) is 2. The lowest BCUT2D eigenvalue weighted by molar-refractivity contribution is 0.654. The van der Waals surface area contributed by atoms with E-state index in [-0.39, 0.29) is 0 Å². The lowest BCUT2D eigenvalue weighted by atomic mass is 10.00. The van der Waals surface area contributed by atoms with Crippen molar-refractivity contribution in [2.75, 3.05) is 4.90 Å². The van der Waals surface area contributed by atoms with Crippen LogP contribution in [-0.2, 0) is 0 Å². The quantitative estimate of drug-likeness (QED) is 0.200. The summed E-state index contributed by atoms with van der Waals surface area (Å²) in [6.45, 7) is 0. The molecule has 0 aliphatic carbocycles. The normalized spacial score (nSPS) is 11.5. The molecule has 0 radical (unpaired) electrons. The van der Waals surface area contributed by atoms with Crippen LogP contribution >= 0.6 is 0 Å². The third kappa shape index (κ3) is 4.49. The second-order valence-electron chi connectivity index (χ2n) is 11.7. The van der Waals surface area contributed by atoms with E-state index in [0.29, 0.717) is 5.71 Å². The number of aromatic nitrogens is 1. The summed E-state index contributed by atoms with van der Waals surface area (Å²) >= 11 is 0. The Kier molecular flexibility index (Phi) is 6.14. The van der Waals surface area contributed by atoms with Crippen LogP contribution < -0.4 is 4.90 Å². The summed E-state index contributed by atoms with van der Waals surface area (Å²) in [5, 5.41) is 6.82. The Balaban J connectivity index is 1.26. The van der Waals surface area contributed by atoms with Crippen molar-refractivity contribution >= 4 is 60.7 Å². The predicted octanol–water partition coefficient (Wildman–Crippen LogP) is 12.1. The second kappa shape index (κ2) is 10.8. The first-order valence-corrected chi connectivity index (χ1v) is 15.5. The third-order valence-electron chi connectivity index (χ3n) is 8.88. The minimum absolute atomic E-state index is 0.624. The molecule has 0 bridgehead atoms. The predicted molar refractivity (Wildman–Crippen MR) is 192 cm³/mol. The van der Waals surface area contributed by atoms with E-state index in [1.807, 2.05) is 6.20 Å². The van der Waals surface area contributed by atoms with Crippen molar-refractivity contribution in [2.24, 2.45) is 0 Å². The van der Waals surface area contributed by atoms with Gasteiger partial charge in [-0.2, -0.15) is 0 Å². The van der Waals surface area contributed by atoms with Crippen molar-refractivity contribution in [1.29, 1.82) is 0 Å². The van der Waals surface area contributed by atoms with Crippen molar-refractivity contribution < 1.29 is 4.42 Å². The van der Waals surface area contributed by atoms with Crippen LogP contribution in [0.15, 0.2) is 174 Å². The summed E-state index contributed by atoms with van der Waals surface area (Å²) in [4.78, 5) is 7.02. The lowest BCUT2D eigenvalue weighted by Gasteiger charge is -2.27. The molecule has 3 heteroatoms. The molecule has 0 saturated heterocycles. The molecular formula is C43H28N2O. The van der Waals surface area contributed by atoms with Gasteiger partial charge < -0.3 is 9.32 Å². The molecule has 2 heterocycles. The Bertz CT molecular complexity index is 2530. The van der Waals surface area contributed by atoms with Gasteiger partial charge in [-0.25, -0.2) is 4.98 Å². The first-order chi connectivity index (χ1) is 22.8. The number of pyridine rings is 1. The zero-order chi connectivity index (χ0) is 30.5. The molecule has 0 N–H and O–H groups in total. The van der Waals surface area contributed by atoms with Gasteiger partial charge in [-0.15, -0.1) is 0 Å². The Labute approximate surface area is 266 Å². The zero-order valence-electron chi connectivity index (χ0n) is 25.0. The maximum Gasteiger partial charge on any atom is 0.229 e. The fraction of sp³-hybridized carbons (Fsp3) is 0. The Morgan fingerprint density at radius 3 is 1.87 bits per heavy atom.